The summed E-state index contributed by atoms with van der Waals surface area (Å²) in [4.78, 5) is 34.1. The number of nitro benzene ring substituents is 2. The van der Waals surface area contributed by atoms with Crippen LogP contribution in [0.5, 0.6) is 11.5 Å². The quantitative estimate of drug-likeness (QED) is 0.142. The Bertz CT molecular complexity index is 1270. The van der Waals surface area contributed by atoms with Crippen molar-refractivity contribution in [2.75, 3.05) is 0 Å². The Morgan fingerprint density at radius 1 is 0.588 bits per heavy atom. The summed E-state index contributed by atoms with van der Waals surface area (Å²) in [6.07, 6.45) is -1.10. The molecule has 0 bridgehead atoms. The molecule has 4 aromatic carbocycles. The molecule has 9 nitrogen and oxygen atoms in total. The van der Waals surface area contributed by atoms with Crippen LogP contribution in [0.15, 0.2) is 97.1 Å². The first-order chi connectivity index (χ1) is 16.4. The maximum atomic E-state index is 12.7. The van der Waals surface area contributed by atoms with E-state index in [4.69, 9.17) is 9.47 Å². The Morgan fingerprint density at radius 3 is 1.32 bits per heavy atom. The summed E-state index contributed by atoms with van der Waals surface area (Å²) in [6.45, 7) is 0. The fourth-order valence-corrected chi connectivity index (χ4v) is 3.33. The molecule has 0 saturated heterocycles. The smallest absolute Gasteiger partial charge is 0.394 e. The molecule has 4 aromatic rings. The molecular formula is C25H16N2O7. The van der Waals surface area contributed by atoms with E-state index in [1.54, 1.807) is 60.7 Å². The van der Waals surface area contributed by atoms with E-state index in [9.17, 15) is 25.0 Å². The number of hydrogen-bond donors (Lipinski definition) is 0. The predicted octanol–water partition coefficient (Wildman–Crippen LogP) is 6.41. The lowest BCUT2D eigenvalue weighted by Gasteiger charge is -2.13. The third-order valence-electron chi connectivity index (χ3n) is 4.90. The second-order valence-electron chi connectivity index (χ2n) is 7.06. The van der Waals surface area contributed by atoms with E-state index in [1.165, 1.54) is 36.4 Å². The van der Waals surface area contributed by atoms with Crippen LogP contribution in [0, 0.1) is 20.2 Å². The number of nitrogens with zero attached hydrogens (tertiary/aromatic N) is 2. The van der Waals surface area contributed by atoms with Crippen molar-refractivity contribution in [2.45, 2.75) is 0 Å². The number of ether oxygens (including phenoxy) is 2. The molecule has 9 heteroatoms. The number of non-ortho nitro benzene ring substituents is 2. The normalized spacial score (nSPS) is 10.4. The Balaban J connectivity index is 1.66. The molecular weight excluding hydrogens is 440 g/mol. The highest BCUT2D eigenvalue weighted by Crippen LogP contribution is 2.36. The Kier molecular flexibility index (Phi) is 6.26. The SMILES string of the molecule is O=C(Oc1ccc([N+](=O)[O-])cc1-c1ccccc1)Oc1ccc([N+](=O)[O-])cc1-c1ccccc1. The number of carbonyl (C=O) groups excluding carboxylic acids is 1. The zero-order valence-corrected chi connectivity index (χ0v) is 17.5. The zero-order valence-electron chi connectivity index (χ0n) is 17.5. The summed E-state index contributed by atoms with van der Waals surface area (Å²) in [5, 5.41) is 22.5. The summed E-state index contributed by atoms with van der Waals surface area (Å²) in [5.74, 6) is 0.120. The van der Waals surface area contributed by atoms with Gasteiger partial charge in [-0.3, -0.25) is 20.2 Å². The Labute approximate surface area is 193 Å². The maximum absolute atomic E-state index is 12.7. The predicted molar refractivity (Wildman–Crippen MR) is 124 cm³/mol. The summed E-state index contributed by atoms with van der Waals surface area (Å²) in [6, 6.07) is 25.1. The van der Waals surface area contributed by atoms with Gasteiger partial charge in [0.25, 0.3) is 11.4 Å². The van der Waals surface area contributed by atoms with Gasteiger partial charge in [-0.2, -0.15) is 0 Å². The zero-order chi connectivity index (χ0) is 24.1. The van der Waals surface area contributed by atoms with Crippen LogP contribution in [0.3, 0.4) is 0 Å². The van der Waals surface area contributed by atoms with Crippen LogP contribution >= 0.6 is 0 Å². The lowest BCUT2D eigenvalue weighted by atomic mass is 10.0. The van der Waals surface area contributed by atoms with Gasteiger partial charge in [0.1, 0.15) is 11.5 Å². The van der Waals surface area contributed by atoms with Crippen LogP contribution in [-0.2, 0) is 0 Å². The van der Waals surface area contributed by atoms with Crippen LogP contribution in [0.4, 0.5) is 16.2 Å². The number of benzene rings is 4. The molecule has 0 heterocycles. The monoisotopic (exact) mass is 456 g/mol. The van der Waals surface area contributed by atoms with Crippen molar-refractivity contribution in [2.24, 2.45) is 0 Å². The minimum absolute atomic E-state index is 0.0602. The first-order valence-corrected chi connectivity index (χ1v) is 10.00. The molecule has 0 atom stereocenters. The summed E-state index contributed by atoms with van der Waals surface area (Å²) < 4.78 is 10.8. The molecule has 0 saturated carbocycles. The molecule has 0 aliphatic heterocycles. The molecule has 0 aliphatic rings. The second-order valence-corrected chi connectivity index (χ2v) is 7.06. The third kappa shape index (κ3) is 4.89. The molecule has 168 valence electrons. The second kappa shape index (κ2) is 9.61. The molecule has 0 amide bonds. The van der Waals surface area contributed by atoms with Crippen LogP contribution < -0.4 is 9.47 Å². The molecule has 0 aromatic heterocycles. The van der Waals surface area contributed by atoms with Crippen molar-refractivity contribution in [1.82, 2.24) is 0 Å². The van der Waals surface area contributed by atoms with Crippen LogP contribution in [0.1, 0.15) is 0 Å². The molecule has 0 spiro atoms. The summed E-state index contributed by atoms with van der Waals surface area (Å²) >= 11 is 0. The fraction of sp³-hybridized carbons (Fsp3) is 0. The standard InChI is InChI=1S/C25H16N2O7/c28-25(33-23-13-11-19(26(29)30)15-21(23)17-7-3-1-4-8-17)34-24-14-12-20(27(31)32)16-22(24)18-9-5-2-6-10-18/h1-16H. The number of hydrogen-bond acceptors (Lipinski definition) is 7. The molecule has 0 unspecified atom stereocenters. The van der Waals surface area contributed by atoms with Crippen molar-refractivity contribution in [1.29, 1.82) is 0 Å². The van der Waals surface area contributed by atoms with Crippen LogP contribution in [0.25, 0.3) is 22.3 Å². The van der Waals surface area contributed by atoms with E-state index in [-0.39, 0.29) is 22.9 Å². The largest absolute Gasteiger partial charge is 0.519 e. The maximum Gasteiger partial charge on any atom is 0.519 e. The molecule has 0 radical (unpaired) electrons. The van der Waals surface area contributed by atoms with Crippen LogP contribution in [0.2, 0.25) is 0 Å². The Hall–Kier alpha value is -5.05. The van der Waals surface area contributed by atoms with Gasteiger partial charge in [0, 0.05) is 35.4 Å². The molecule has 4 rings (SSSR count). The highest BCUT2D eigenvalue weighted by molar-refractivity contribution is 5.80. The number of nitro groups is 2. The van der Waals surface area contributed by atoms with E-state index in [0.717, 1.165) is 0 Å². The Morgan fingerprint density at radius 2 is 0.971 bits per heavy atom. The summed E-state index contributed by atoms with van der Waals surface area (Å²) in [5.41, 5.74) is 1.55. The van der Waals surface area contributed by atoms with E-state index >= 15 is 0 Å². The van der Waals surface area contributed by atoms with Gasteiger partial charge in [-0.25, -0.2) is 4.79 Å². The van der Waals surface area contributed by atoms with Crippen molar-refractivity contribution in [3.63, 3.8) is 0 Å². The lowest BCUT2D eigenvalue weighted by Crippen LogP contribution is -2.15. The molecule has 0 N–H and O–H groups in total. The highest BCUT2D eigenvalue weighted by Gasteiger charge is 2.20. The lowest BCUT2D eigenvalue weighted by molar-refractivity contribution is -0.385. The van der Waals surface area contributed by atoms with Crippen molar-refractivity contribution < 1.29 is 24.1 Å². The molecule has 0 aliphatic carbocycles. The van der Waals surface area contributed by atoms with Gasteiger partial charge in [0.15, 0.2) is 0 Å². The number of carbonyl (C=O) groups is 1. The first kappa shape index (κ1) is 22.2. The molecule has 0 fully saturated rings. The van der Waals surface area contributed by atoms with E-state index in [1.807, 2.05) is 0 Å². The van der Waals surface area contributed by atoms with Gasteiger partial charge in [0.05, 0.1) is 9.85 Å². The van der Waals surface area contributed by atoms with Gasteiger partial charge < -0.3 is 9.47 Å². The van der Waals surface area contributed by atoms with Crippen LogP contribution in [-0.4, -0.2) is 16.0 Å². The number of rotatable bonds is 6. The minimum atomic E-state index is -1.10. The minimum Gasteiger partial charge on any atom is -0.394 e. The topological polar surface area (TPSA) is 122 Å². The third-order valence-corrected chi connectivity index (χ3v) is 4.90. The van der Waals surface area contributed by atoms with E-state index in [0.29, 0.717) is 22.3 Å². The van der Waals surface area contributed by atoms with E-state index in [2.05, 4.69) is 0 Å². The van der Waals surface area contributed by atoms with Gasteiger partial charge in [-0.1, -0.05) is 60.7 Å². The fourth-order valence-electron chi connectivity index (χ4n) is 3.33. The van der Waals surface area contributed by atoms with Gasteiger partial charge in [-0.05, 0) is 23.3 Å². The van der Waals surface area contributed by atoms with Crippen molar-refractivity contribution >= 4 is 17.5 Å². The van der Waals surface area contributed by atoms with E-state index < -0.39 is 16.0 Å². The molecule has 34 heavy (non-hydrogen) atoms. The van der Waals surface area contributed by atoms with Crippen molar-refractivity contribution in [3.05, 3.63) is 117 Å². The van der Waals surface area contributed by atoms with Crippen molar-refractivity contribution in [3.8, 4) is 33.8 Å². The van der Waals surface area contributed by atoms with Gasteiger partial charge in [-0.15, -0.1) is 0 Å². The van der Waals surface area contributed by atoms with Gasteiger partial charge in [0.2, 0.25) is 0 Å². The average molecular weight is 456 g/mol. The summed E-state index contributed by atoms with van der Waals surface area (Å²) in [7, 11) is 0. The van der Waals surface area contributed by atoms with Gasteiger partial charge >= 0.3 is 6.16 Å². The highest BCUT2D eigenvalue weighted by atomic mass is 16.7. The average Bonchev–Trinajstić information content (AvgIpc) is 2.85. The first-order valence-electron chi connectivity index (χ1n) is 10.00.